The highest BCUT2D eigenvalue weighted by molar-refractivity contribution is 7.92. The molecule has 0 saturated heterocycles. The third kappa shape index (κ3) is 4.52. The molecule has 2 aromatic rings. The molecule has 0 aliphatic heterocycles. The van der Waals surface area contributed by atoms with Gasteiger partial charge in [0.25, 0.3) is 0 Å². The summed E-state index contributed by atoms with van der Waals surface area (Å²) in [5.74, 6) is -0.214. The largest absolute Gasteiger partial charge is 0.350 e. The van der Waals surface area contributed by atoms with Crippen LogP contribution in [0.1, 0.15) is 17.0 Å². The Morgan fingerprint density at radius 1 is 1.30 bits per heavy atom. The van der Waals surface area contributed by atoms with Crippen molar-refractivity contribution in [1.82, 2.24) is 30.1 Å². The highest BCUT2D eigenvalue weighted by Crippen LogP contribution is 2.11. The van der Waals surface area contributed by atoms with E-state index in [4.69, 9.17) is 0 Å². The number of sulfonamides is 1. The standard InChI is InChI=1S/C12H19N7O3S/c1-8-10(9(2)18(3)15-8)5-13-12(20)7-19-14-6-11(16-19)17-23(4,21)22/h6H,5,7H2,1-4H3,(H,13,20)(H,16,17). The lowest BCUT2D eigenvalue weighted by Gasteiger charge is -2.05. The molecule has 1 amide bonds. The first-order valence-electron chi connectivity index (χ1n) is 6.79. The summed E-state index contributed by atoms with van der Waals surface area (Å²) in [4.78, 5) is 13.0. The number of nitrogens with zero attached hydrogens (tertiary/aromatic N) is 5. The van der Waals surface area contributed by atoms with Crippen molar-refractivity contribution in [2.24, 2.45) is 7.05 Å². The summed E-state index contributed by atoms with van der Waals surface area (Å²) >= 11 is 0. The van der Waals surface area contributed by atoms with Gasteiger partial charge < -0.3 is 5.32 Å². The van der Waals surface area contributed by atoms with E-state index in [2.05, 4.69) is 25.3 Å². The average molecular weight is 341 g/mol. The van der Waals surface area contributed by atoms with Crippen LogP contribution in [0.2, 0.25) is 0 Å². The van der Waals surface area contributed by atoms with Crippen molar-refractivity contribution in [3.63, 3.8) is 0 Å². The molecule has 126 valence electrons. The van der Waals surface area contributed by atoms with Gasteiger partial charge in [-0.05, 0) is 13.8 Å². The molecule has 10 nitrogen and oxygen atoms in total. The van der Waals surface area contributed by atoms with E-state index in [1.165, 1.54) is 6.20 Å². The van der Waals surface area contributed by atoms with Crippen molar-refractivity contribution in [3.05, 3.63) is 23.1 Å². The summed E-state index contributed by atoms with van der Waals surface area (Å²) in [6.45, 7) is 4.07. The molecular formula is C12H19N7O3S. The average Bonchev–Trinajstić information content (AvgIpc) is 2.92. The van der Waals surface area contributed by atoms with Gasteiger partial charge in [0.05, 0.1) is 18.1 Å². The first kappa shape index (κ1) is 16.9. The number of nitrogens with one attached hydrogen (secondary N) is 2. The Morgan fingerprint density at radius 2 is 2.00 bits per heavy atom. The monoisotopic (exact) mass is 341 g/mol. The molecule has 0 aliphatic rings. The van der Waals surface area contributed by atoms with Gasteiger partial charge in [0.15, 0.2) is 5.82 Å². The van der Waals surface area contributed by atoms with E-state index in [1.807, 2.05) is 20.9 Å². The van der Waals surface area contributed by atoms with Crippen LogP contribution >= 0.6 is 0 Å². The van der Waals surface area contributed by atoms with Gasteiger partial charge in [-0.15, -0.1) is 5.10 Å². The fraction of sp³-hybridized carbons (Fsp3) is 0.500. The van der Waals surface area contributed by atoms with Crippen molar-refractivity contribution in [2.45, 2.75) is 26.9 Å². The summed E-state index contributed by atoms with van der Waals surface area (Å²) in [6, 6.07) is 0. The number of aryl methyl sites for hydroxylation is 2. The molecule has 0 saturated carbocycles. The van der Waals surface area contributed by atoms with Crippen LogP contribution in [0.15, 0.2) is 6.20 Å². The van der Waals surface area contributed by atoms with Gasteiger partial charge in [-0.3, -0.25) is 14.2 Å². The number of aromatic nitrogens is 5. The second-order valence-electron chi connectivity index (χ2n) is 5.18. The number of hydrogen-bond acceptors (Lipinski definition) is 6. The summed E-state index contributed by atoms with van der Waals surface area (Å²) in [5, 5.41) is 14.8. The maximum atomic E-state index is 11.9. The third-order valence-electron chi connectivity index (χ3n) is 3.23. The van der Waals surface area contributed by atoms with E-state index in [0.717, 1.165) is 28.0 Å². The number of amides is 1. The molecule has 2 aromatic heterocycles. The molecule has 0 unspecified atom stereocenters. The molecule has 23 heavy (non-hydrogen) atoms. The molecule has 0 bridgehead atoms. The molecule has 0 atom stereocenters. The molecule has 0 spiro atoms. The maximum absolute atomic E-state index is 11.9. The molecule has 2 rings (SSSR count). The van der Waals surface area contributed by atoms with E-state index in [9.17, 15) is 13.2 Å². The lowest BCUT2D eigenvalue weighted by atomic mass is 10.2. The van der Waals surface area contributed by atoms with E-state index in [0.29, 0.717) is 6.54 Å². The normalized spacial score (nSPS) is 11.5. The van der Waals surface area contributed by atoms with E-state index in [-0.39, 0.29) is 18.3 Å². The Hall–Kier alpha value is -2.43. The predicted molar refractivity (Wildman–Crippen MR) is 83.0 cm³/mol. The van der Waals surface area contributed by atoms with Gasteiger partial charge in [-0.1, -0.05) is 0 Å². The van der Waals surface area contributed by atoms with Crippen LogP contribution in [0.4, 0.5) is 5.82 Å². The lowest BCUT2D eigenvalue weighted by Crippen LogP contribution is -2.28. The molecule has 0 aliphatic carbocycles. The second-order valence-corrected chi connectivity index (χ2v) is 6.93. The van der Waals surface area contributed by atoms with Gasteiger partial charge in [-0.25, -0.2) is 8.42 Å². The van der Waals surface area contributed by atoms with Gasteiger partial charge >= 0.3 is 0 Å². The SMILES string of the molecule is Cc1nn(C)c(C)c1CNC(=O)Cn1ncc(NS(C)(=O)=O)n1. The molecule has 0 fully saturated rings. The van der Waals surface area contributed by atoms with Gasteiger partial charge in [0, 0.05) is 24.8 Å². The Kier molecular flexibility index (Phi) is 4.68. The van der Waals surface area contributed by atoms with Crippen molar-refractivity contribution in [3.8, 4) is 0 Å². The van der Waals surface area contributed by atoms with Gasteiger partial charge in [0.1, 0.15) is 6.54 Å². The zero-order valence-corrected chi connectivity index (χ0v) is 14.2. The lowest BCUT2D eigenvalue weighted by molar-refractivity contribution is -0.122. The van der Waals surface area contributed by atoms with Crippen molar-refractivity contribution in [1.29, 1.82) is 0 Å². The number of anilines is 1. The minimum Gasteiger partial charge on any atom is -0.350 e. The molecule has 2 heterocycles. The van der Waals surface area contributed by atoms with E-state index in [1.54, 1.807) is 4.68 Å². The summed E-state index contributed by atoms with van der Waals surface area (Å²) in [6.07, 6.45) is 2.25. The van der Waals surface area contributed by atoms with E-state index >= 15 is 0 Å². The van der Waals surface area contributed by atoms with Gasteiger partial charge in [-0.2, -0.15) is 15.0 Å². The first-order chi connectivity index (χ1) is 10.7. The van der Waals surface area contributed by atoms with Crippen LogP contribution in [0.5, 0.6) is 0 Å². The Balaban J connectivity index is 1.92. The highest BCUT2D eigenvalue weighted by Gasteiger charge is 2.12. The first-order valence-corrected chi connectivity index (χ1v) is 8.68. The van der Waals surface area contributed by atoms with Crippen molar-refractivity contribution < 1.29 is 13.2 Å². The van der Waals surface area contributed by atoms with Gasteiger partial charge in [0.2, 0.25) is 15.9 Å². The van der Waals surface area contributed by atoms with Crippen molar-refractivity contribution in [2.75, 3.05) is 11.0 Å². The van der Waals surface area contributed by atoms with E-state index < -0.39 is 10.0 Å². The zero-order valence-electron chi connectivity index (χ0n) is 13.4. The Labute approximate surface area is 133 Å². The molecular weight excluding hydrogens is 322 g/mol. The van der Waals surface area contributed by atoms with Crippen LogP contribution in [0.3, 0.4) is 0 Å². The van der Waals surface area contributed by atoms with Crippen LogP contribution < -0.4 is 10.0 Å². The minimum atomic E-state index is -3.42. The minimum absolute atomic E-state index is 0.0687. The van der Waals surface area contributed by atoms with Crippen molar-refractivity contribution >= 4 is 21.7 Å². The Bertz CT molecular complexity index is 822. The van der Waals surface area contributed by atoms with Crippen LogP contribution in [-0.2, 0) is 35.0 Å². The third-order valence-corrected chi connectivity index (χ3v) is 3.81. The predicted octanol–water partition coefficient (Wildman–Crippen LogP) is -0.684. The molecule has 11 heteroatoms. The smallest absolute Gasteiger partial charge is 0.243 e. The van der Waals surface area contributed by atoms with Crippen LogP contribution in [0, 0.1) is 13.8 Å². The topological polar surface area (TPSA) is 124 Å². The summed E-state index contributed by atoms with van der Waals surface area (Å²) in [5.41, 5.74) is 2.82. The molecule has 0 radical (unpaired) electrons. The number of carbonyl (C=O) groups is 1. The molecule has 0 aromatic carbocycles. The zero-order chi connectivity index (χ0) is 17.2. The highest BCUT2D eigenvalue weighted by atomic mass is 32.2. The second kappa shape index (κ2) is 6.36. The fourth-order valence-corrected chi connectivity index (χ4v) is 2.53. The Morgan fingerprint density at radius 3 is 2.57 bits per heavy atom. The molecule has 2 N–H and O–H groups in total. The van der Waals surface area contributed by atoms with Crippen LogP contribution in [0.25, 0.3) is 0 Å². The number of hydrogen-bond donors (Lipinski definition) is 2. The quantitative estimate of drug-likeness (QED) is 0.717. The fourth-order valence-electron chi connectivity index (χ4n) is 2.05. The maximum Gasteiger partial charge on any atom is 0.243 e. The number of rotatable bonds is 6. The number of carbonyl (C=O) groups excluding carboxylic acids is 1. The summed E-state index contributed by atoms with van der Waals surface area (Å²) < 4.78 is 26.1. The summed E-state index contributed by atoms with van der Waals surface area (Å²) in [7, 11) is -1.58. The van der Waals surface area contributed by atoms with Crippen LogP contribution in [-0.4, -0.2) is 45.4 Å².